The lowest BCUT2D eigenvalue weighted by Gasteiger charge is -1.85. The molecular weight excluding hydrogens is 164 g/mol. The standard InChI is InChI=1S/C10H8N2O/c1-6-11-9-7-4-2-3-5-8(7)13-10(9)12-6/h2-5H,1H3,(H,11,12). The van der Waals surface area contributed by atoms with Crippen LogP contribution >= 0.6 is 0 Å². The van der Waals surface area contributed by atoms with Gasteiger partial charge in [-0.2, -0.15) is 4.98 Å². The minimum atomic E-state index is 0.693. The van der Waals surface area contributed by atoms with Crippen LogP contribution in [0.2, 0.25) is 0 Å². The maximum Gasteiger partial charge on any atom is 0.245 e. The number of benzene rings is 1. The zero-order chi connectivity index (χ0) is 8.84. The first-order chi connectivity index (χ1) is 6.34. The quantitative estimate of drug-likeness (QED) is 0.566. The first-order valence-electron chi connectivity index (χ1n) is 4.18. The van der Waals surface area contributed by atoms with E-state index in [4.69, 9.17) is 4.42 Å². The van der Waals surface area contributed by atoms with E-state index in [2.05, 4.69) is 9.97 Å². The minimum absolute atomic E-state index is 0.693. The fourth-order valence-corrected chi connectivity index (χ4v) is 1.59. The van der Waals surface area contributed by atoms with Gasteiger partial charge in [0.1, 0.15) is 16.9 Å². The Morgan fingerprint density at radius 3 is 3.08 bits per heavy atom. The molecular formula is C10H8N2O. The van der Waals surface area contributed by atoms with E-state index >= 15 is 0 Å². The Labute approximate surface area is 74.4 Å². The number of imidazole rings is 1. The van der Waals surface area contributed by atoms with Crippen molar-refractivity contribution in [2.45, 2.75) is 6.92 Å². The third-order valence-electron chi connectivity index (χ3n) is 2.15. The van der Waals surface area contributed by atoms with Gasteiger partial charge in [0.2, 0.25) is 5.71 Å². The lowest BCUT2D eigenvalue weighted by Crippen LogP contribution is -1.71. The van der Waals surface area contributed by atoms with Crippen molar-refractivity contribution in [3.8, 4) is 0 Å². The Balaban J connectivity index is 2.60. The van der Waals surface area contributed by atoms with Crippen molar-refractivity contribution in [3.05, 3.63) is 30.1 Å². The molecule has 2 heterocycles. The van der Waals surface area contributed by atoms with Gasteiger partial charge in [0.25, 0.3) is 0 Å². The molecule has 2 aromatic heterocycles. The minimum Gasteiger partial charge on any atom is -0.436 e. The van der Waals surface area contributed by atoms with Gasteiger partial charge in [-0.25, -0.2) is 0 Å². The Bertz CT molecular complexity index is 577. The number of hydrogen-bond acceptors (Lipinski definition) is 2. The van der Waals surface area contributed by atoms with E-state index in [1.807, 2.05) is 31.2 Å². The summed E-state index contributed by atoms with van der Waals surface area (Å²) in [7, 11) is 0. The molecule has 1 N–H and O–H groups in total. The lowest BCUT2D eigenvalue weighted by atomic mass is 10.2. The van der Waals surface area contributed by atoms with Crippen molar-refractivity contribution in [2.75, 3.05) is 0 Å². The number of nitrogens with zero attached hydrogens (tertiary/aromatic N) is 1. The molecule has 0 amide bonds. The summed E-state index contributed by atoms with van der Waals surface area (Å²) in [6.45, 7) is 1.92. The fourth-order valence-electron chi connectivity index (χ4n) is 1.59. The molecule has 0 spiro atoms. The molecule has 13 heavy (non-hydrogen) atoms. The van der Waals surface area contributed by atoms with E-state index in [0.29, 0.717) is 5.71 Å². The number of hydrogen-bond donors (Lipinski definition) is 1. The molecule has 0 fully saturated rings. The average Bonchev–Trinajstić information content (AvgIpc) is 2.60. The molecule has 64 valence electrons. The Hall–Kier alpha value is -1.77. The summed E-state index contributed by atoms with van der Waals surface area (Å²) in [4.78, 5) is 7.40. The summed E-state index contributed by atoms with van der Waals surface area (Å²) >= 11 is 0. The highest BCUT2D eigenvalue weighted by atomic mass is 16.3. The molecule has 3 aromatic rings. The number of furan rings is 1. The van der Waals surface area contributed by atoms with Gasteiger partial charge >= 0.3 is 0 Å². The van der Waals surface area contributed by atoms with Crippen molar-refractivity contribution in [2.24, 2.45) is 0 Å². The summed E-state index contributed by atoms with van der Waals surface area (Å²) in [5, 5.41) is 1.10. The first-order valence-corrected chi connectivity index (χ1v) is 4.18. The largest absolute Gasteiger partial charge is 0.436 e. The summed E-state index contributed by atoms with van der Waals surface area (Å²) in [6.07, 6.45) is 0. The number of fused-ring (bicyclic) bond motifs is 3. The summed E-state index contributed by atoms with van der Waals surface area (Å²) in [5.74, 6) is 0.888. The van der Waals surface area contributed by atoms with Gasteiger partial charge in [0, 0.05) is 5.39 Å². The second-order valence-electron chi connectivity index (χ2n) is 3.10. The van der Waals surface area contributed by atoms with Crippen LogP contribution in [0.4, 0.5) is 0 Å². The van der Waals surface area contributed by atoms with Crippen LogP contribution in [0.5, 0.6) is 0 Å². The zero-order valence-corrected chi connectivity index (χ0v) is 7.16. The predicted molar refractivity (Wildman–Crippen MR) is 50.6 cm³/mol. The van der Waals surface area contributed by atoms with Crippen molar-refractivity contribution < 1.29 is 4.42 Å². The van der Waals surface area contributed by atoms with E-state index in [-0.39, 0.29) is 0 Å². The molecule has 0 radical (unpaired) electrons. The number of aryl methyl sites for hydroxylation is 1. The van der Waals surface area contributed by atoms with Gasteiger partial charge in [-0.15, -0.1) is 0 Å². The highest BCUT2D eigenvalue weighted by molar-refractivity contribution is 6.01. The molecule has 0 bridgehead atoms. The smallest absolute Gasteiger partial charge is 0.245 e. The maximum absolute atomic E-state index is 5.53. The molecule has 3 nitrogen and oxygen atoms in total. The Morgan fingerprint density at radius 1 is 1.31 bits per heavy atom. The molecule has 3 heteroatoms. The topological polar surface area (TPSA) is 41.8 Å². The normalized spacial score (nSPS) is 11.5. The Kier molecular flexibility index (Phi) is 1.10. The molecule has 0 saturated carbocycles. The van der Waals surface area contributed by atoms with Crippen LogP contribution in [-0.2, 0) is 0 Å². The van der Waals surface area contributed by atoms with E-state index in [9.17, 15) is 0 Å². The van der Waals surface area contributed by atoms with Gasteiger partial charge in [-0.3, -0.25) is 0 Å². The van der Waals surface area contributed by atoms with Gasteiger partial charge in [-0.1, -0.05) is 12.1 Å². The van der Waals surface area contributed by atoms with Crippen LogP contribution in [0.15, 0.2) is 28.7 Å². The second-order valence-corrected chi connectivity index (χ2v) is 3.10. The van der Waals surface area contributed by atoms with Gasteiger partial charge in [-0.05, 0) is 19.1 Å². The molecule has 0 aliphatic carbocycles. The van der Waals surface area contributed by atoms with E-state index < -0.39 is 0 Å². The van der Waals surface area contributed by atoms with Crippen LogP contribution in [0.25, 0.3) is 22.2 Å². The molecule has 0 aliphatic heterocycles. The molecule has 0 atom stereocenters. The molecule has 1 aromatic carbocycles. The molecule has 0 unspecified atom stereocenters. The van der Waals surface area contributed by atoms with Crippen LogP contribution in [0.1, 0.15) is 5.82 Å². The molecule has 3 rings (SSSR count). The van der Waals surface area contributed by atoms with Crippen LogP contribution in [0.3, 0.4) is 0 Å². The summed E-state index contributed by atoms with van der Waals surface area (Å²) < 4.78 is 5.53. The van der Waals surface area contributed by atoms with Gasteiger partial charge in [0.15, 0.2) is 0 Å². The zero-order valence-electron chi connectivity index (χ0n) is 7.16. The van der Waals surface area contributed by atoms with Crippen molar-refractivity contribution in [1.82, 2.24) is 9.97 Å². The number of rotatable bonds is 0. The number of aromatic nitrogens is 2. The fraction of sp³-hybridized carbons (Fsp3) is 0.100. The lowest BCUT2D eigenvalue weighted by molar-refractivity contribution is 0.655. The van der Waals surface area contributed by atoms with Crippen molar-refractivity contribution in [3.63, 3.8) is 0 Å². The Morgan fingerprint density at radius 2 is 2.15 bits per heavy atom. The van der Waals surface area contributed by atoms with Gasteiger partial charge in [0.05, 0.1) is 0 Å². The van der Waals surface area contributed by atoms with Crippen LogP contribution in [0, 0.1) is 6.92 Å². The maximum atomic E-state index is 5.53. The number of para-hydroxylation sites is 1. The van der Waals surface area contributed by atoms with E-state index in [1.165, 1.54) is 0 Å². The highest BCUT2D eigenvalue weighted by Crippen LogP contribution is 2.25. The van der Waals surface area contributed by atoms with Crippen molar-refractivity contribution in [1.29, 1.82) is 0 Å². The van der Waals surface area contributed by atoms with Crippen LogP contribution in [-0.4, -0.2) is 9.97 Å². The third-order valence-corrected chi connectivity index (χ3v) is 2.15. The SMILES string of the molecule is Cc1nc2oc3ccccc3c2[nH]1. The summed E-state index contributed by atoms with van der Waals surface area (Å²) in [6, 6.07) is 7.92. The second kappa shape index (κ2) is 2.13. The van der Waals surface area contributed by atoms with E-state index in [0.717, 1.165) is 22.3 Å². The number of aromatic amines is 1. The third kappa shape index (κ3) is 0.811. The van der Waals surface area contributed by atoms with E-state index in [1.54, 1.807) is 0 Å². The number of nitrogens with one attached hydrogen (secondary N) is 1. The monoisotopic (exact) mass is 172 g/mol. The summed E-state index contributed by atoms with van der Waals surface area (Å²) in [5.41, 5.74) is 2.57. The average molecular weight is 172 g/mol. The first kappa shape index (κ1) is 6.71. The molecule has 0 saturated heterocycles. The molecule has 0 aliphatic rings. The number of H-pyrrole nitrogens is 1. The predicted octanol–water partition coefficient (Wildman–Crippen LogP) is 2.62. The van der Waals surface area contributed by atoms with Gasteiger partial charge < -0.3 is 9.40 Å². The van der Waals surface area contributed by atoms with Crippen molar-refractivity contribution >= 4 is 22.2 Å². The highest BCUT2D eigenvalue weighted by Gasteiger charge is 2.08. The van der Waals surface area contributed by atoms with Crippen LogP contribution < -0.4 is 0 Å².